The molecule has 1 aromatic heterocycles. The zero-order valence-corrected chi connectivity index (χ0v) is 12.7. The van der Waals surface area contributed by atoms with E-state index < -0.39 is 0 Å². The van der Waals surface area contributed by atoms with Gasteiger partial charge < -0.3 is 5.32 Å². The van der Waals surface area contributed by atoms with Crippen LogP contribution in [0.3, 0.4) is 0 Å². The molecule has 0 radical (unpaired) electrons. The van der Waals surface area contributed by atoms with Gasteiger partial charge in [0.2, 0.25) is 0 Å². The Kier molecular flexibility index (Phi) is 5.18. The fourth-order valence-corrected chi connectivity index (χ4v) is 3.23. The molecule has 96 valence electrons. The van der Waals surface area contributed by atoms with Gasteiger partial charge in [0.1, 0.15) is 5.82 Å². The van der Waals surface area contributed by atoms with Crippen LogP contribution in [0.5, 0.6) is 0 Å². The van der Waals surface area contributed by atoms with Gasteiger partial charge in [0.15, 0.2) is 0 Å². The fourth-order valence-electron chi connectivity index (χ4n) is 1.59. The Bertz CT molecular complexity index is 529. The number of halogens is 3. The largest absolute Gasteiger partial charge is 0.312 e. The van der Waals surface area contributed by atoms with Gasteiger partial charge in [0.25, 0.3) is 0 Å². The molecule has 1 heterocycles. The van der Waals surface area contributed by atoms with Crippen molar-refractivity contribution in [2.45, 2.75) is 13.0 Å². The van der Waals surface area contributed by atoms with Crippen molar-refractivity contribution in [1.29, 1.82) is 0 Å². The summed E-state index contributed by atoms with van der Waals surface area (Å²) in [6.07, 6.45) is 0.950. The lowest BCUT2D eigenvalue weighted by Gasteiger charge is -2.05. The van der Waals surface area contributed by atoms with Gasteiger partial charge in [-0.1, -0.05) is 17.7 Å². The van der Waals surface area contributed by atoms with Crippen molar-refractivity contribution >= 4 is 38.9 Å². The molecule has 0 atom stereocenters. The minimum atomic E-state index is -0.256. The van der Waals surface area contributed by atoms with Gasteiger partial charge in [-0.3, -0.25) is 0 Å². The first kappa shape index (κ1) is 14.0. The van der Waals surface area contributed by atoms with Gasteiger partial charge in [-0.15, -0.1) is 11.3 Å². The van der Waals surface area contributed by atoms with Crippen LogP contribution in [0.4, 0.5) is 4.39 Å². The van der Waals surface area contributed by atoms with Crippen LogP contribution in [0.15, 0.2) is 34.1 Å². The van der Waals surface area contributed by atoms with Crippen molar-refractivity contribution in [3.05, 3.63) is 55.4 Å². The van der Waals surface area contributed by atoms with E-state index in [1.807, 2.05) is 6.07 Å². The van der Waals surface area contributed by atoms with Crippen LogP contribution in [-0.2, 0) is 13.0 Å². The number of hydrogen-bond donors (Lipinski definition) is 1. The minimum Gasteiger partial charge on any atom is -0.312 e. The molecular formula is C13H12BrClFNS. The van der Waals surface area contributed by atoms with Crippen molar-refractivity contribution in [2.24, 2.45) is 0 Å². The maximum absolute atomic E-state index is 13.5. The Balaban J connectivity index is 1.78. The first-order chi connectivity index (χ1) is 8.65. The molecule has 0 aliphatic carbocycles. The van der Waals surface area contributed by atoms with Crippen molar-refractivity contribution < 1.29 is 4.39 Å². The van der Waals surface area contributed by atoms with Gasteiger partial charge >= 0.3 is 0 Å². The molecule has 18 heavy (non-hydrogen) atoms. The second-order valence-electron chi connectivity index (χ2n) is 3.87. The molecule has 0 saturated heterocycles. The van der Waals surface area contributed by atoms with E-state index >= 15 is 0 Å². The molecule has 1 N–H and O–H groups in total. The van der Waals surface area contributed by atoms with Crippen LogP contribution in [0.2, 0.25) is 5.02 Å². The molecule has 0 spiro atoms. The number of nitrogens with one attached hydrogen (secondary N) is 1. The third kappa shape index (κ3) is 4.05. The summed E-state index contributed by atoms with van der Waals surface area (Å²) in [7, 11) is 0. The molecule has 2 rings (SSSR count). The van der Waals surface area contributed by atoms with Crippen LogP contribution >= 0.6 is 38.9 Å². The van der Waals surface area contributed by atoms with Crippen molar-refractivity contribution in [3.8, 4) is 0 Å². The SMILES string of the molecule is Fc1cc(Cl)ccc1CNCCc1ccc(Br)s1. The monoisotopic (exact) mass is 347 g/mol. The first-order valence-corrected chi connectivity index (χ1v) is 7.53. The van der Waals surface area contributed by atoms with Gasteiger partial charge in [0, 0.05) is 28.6 Å². The highest BCUT2D eigenvalue weighted by atomic mass is 79.9. The molecule has 0 bridgehead atoms. The van der Waals surface area contributed by atoms with E-state index in [-0.39, 0.29) is 5.82 Å². The molecule has 2 aromatic rings. The molecule has 1 aromatic carbocycles. The Labute approximate surface area is 123 Å². The first-order valence-electron chi connectivity index (χ1n) is 5.54. The summed E-state index contributed by atoms with van der Waals surface area (Å²) in [5, 5.41) is 3.66. The van der Waals surface area contributed by atoms with Crippen LogP contribution in [0, 0.1) is 5.82 Å². The van der Waals surface area contributed by atoms with Crippen LogP contribution < -0.4 is 5.32 Å². The fraction of sp³-hybridized carbons (Fsp3) is 0.231. The highest BCUT2D eigenvalue weighted by molar-refractivity contribution is 9.11. The van der Waals surface area contributed by atoms with Crippen LogP contribution in [-0.4, -0.2) is 6.54 Å². The second-order valence-corrected chi connectivity index (χ2v) is 6.85. The lowest BCUT2D eigenvalue weighted by molar-refractivity contribution is 0.589. The highest BCUT2D eigenvalue weighted by Crippen LogP contribution is 2.22. The zero-order valence-electron chi connectivity index (χ0n) is 9.55. The average molecular weight is 349 g/mol. The van der Waals surface area contributed by atoms with E-state index in [1.165, 1.54) is 10.9 Å². The summed E-state index contributed by atoms with van der Waals surface area (Å²) in [5.74, 6) is -0.256. The summed E-state index contributed by atoms with van der Waals surface area (Å²) in [6, 6.07) is 8.90. The molecule has 0 unspecified atom stereocenters. The van der Waals surface area contributed by atoms with E-state index in [4.69, 9.17) is 11.6 Å². The number of thiophene rings is 1. The number of benzene rings is 1. The number of hydrogen-bond acceptors (Lipinski definition) is 2. The lowest BCUT2D eigenvalue weighted by Crippen LogP contribution is -2.17. The van der Waals surface area contributed by atoms with Gasteiger partial charge in [-0.05, 0) is 46.6 Å². The van der Waals surface area contributed by atoms with E-state index in [2.05, 4.69) is 27.3 Å². The molecule has 0 amide bonds. The predicted octanol–water partition coefficient (Wildman–Crippen LogP) is 4.64. The maximum atomic E-state index is 13.5. The normalized spacial score (nSPS) is 10.8. The van der Waals surface area contributed by atoms with Gasteiger partial charge in [-0.25, -0.2) is 4.39 Å². The summed E-state index contributed by atoms with van der Waals surface area (Å²) in [4.78, 5) is 1.31. The Morgan fingerprint density at radius 2 is 2.11 bits per heavy atom. The smallest absolute Gasteiger partial charge is 0.129 e. The highest BCUT2D eigenvalue weighted by Gasteiger charge is 2.02. The molecule has 0 saturated carbocycles. The van der Waals surface area contributed by atoms with Gasteiger partial charge in [-0.2, -0.15) is 0 Å². The molecule has 1 nitrogen and oxygen atoms in total. The minimum absolute atomic E-state index is 0.256. The zero-order chi connectivity index (χ0) is 13.0. The van der Waals surface area contributed by atoms with Crippen molar-refractivity contribution in [2.75, 3.05) is 6.54 Å². The summed E-state index contributed by atoms with van der Waals surface area (Å²) in [6.45, 7) is 1.35. The Hall–Kier alpha value is -0.420. The van der Waals surface area contributed by atoms with E-state index in [0.29, 0.717) is 17.1 Å². The lowest BCUT2D eigenvalue weighted by atomic mass is 10.2. The second kappa shape index (κ2) is 6.66. The quantitative estimate of drug-likeness (QED) is 0.777. The van der Waals surface area contributed by atoms with E-state index in [0.717, 1.165) is 16.8 Å². The molecule has 0 aliphatic heterocycles. The summed E-state index contributed by atoms with van der Waals surface area (Å²) >= 11 is 10.9. The Morgan fingerprint density at radius 3 is 2.78 bits per heavy atom. The molecule has 5 heteroatoms. The van der Waals surface area contributed by atoms with E-state index in [9.17, 15) is 4.39 Å². The van der Waals surface area contributed by atoms with Crippen molar-refractivity contribution in [3.63, 3.8) is 0 Å². The maximum Gasteiger partial charge on any atom is 0.129 e. The molecular weight excluding hydrogens is 337 g/mol. The van der Waals surface area contributed by atoms with Crippen LogP contribution in [0.1, 0.15) is 10.4 Å². The predicted molar refractivity (Wildman–Crippen MR) is 78.8 cm³/mol. The number of rotatable bonds is 5. The van der Waals surface area contributed by atoms with Crippen LogP contribution in [0.25, 0.3) is 0 Å². The third-order valence-corrected chi connectivity index (χ3v) is 4.43. The topological polar surface area (TPSA) is 12.0 Å². The standard InChI is InChI=1S/C13H12BrClFNS/c14-13-4-3-11(18-13)5-6-17-8-9-1-2-10(15)7-12(9)16/h1-4,7,17H,5-6,8H2. The summed E-state index contributed by atoms with van der Waals surface area (Å²) < 4.78 is 14.6. The average Bonchev–Trinajstić information content (AvgIpc) is 2.73. The third-order valence-electron chi connectivity index (χ3n) is 2.51. The van der Waals surface area contributed by atoms with E-state index in [1.54, 1.807) is 23.5 Å². The molecule has 0 fully saturated rings. The summed E-state index contributed by atoms with van der Waals surface area (Å²) in [5.41, 5.74) is 0.645. The van der Waals surface area contributed by atoms with Crippen molar-refractivity contribution in [1.82, 2.24) is 5.32 Å². The van der Waals surface area contributed by atoms with Gasteiger partial charge in [0.05, 0.1) is 3.79 Å². The molecule has 0 aliphatic rings. The Morgan fingerprint density at radius 1 is 1.28 bits per heavy atom.